The van der Waals surface area contributed by atoms with Crippen molar-refractivity contribution < 1.29 is 14.4 Å². The van der Waals surface area contributed by atoms with Crippen molar-refractivity contribution in [1.29, 1.82) is 0 Å². The lowest BCUT2D eigenvalue weighted by Crippen LogP contribution is -2.39. The lowest BCUT2D eigenvalue weighted by Gasteiger charge is -2.25. The number of carbonyl (C=O) groups excluding carboxylic acids is 3. The number of amides is 3. The minimum absolute atomic E-state index is 0.00276. The number of aryl methyl sites for hydroxylation is 1. The largest absolute Gasteiger partial charge is 0.367 e. The summed E-state index contributed by atoms with van der Waals surface area (Å²) in [6.45, 7) is 6.63. The van der Waals surface area contributed by atoms with E-state index >= 15 is 0 Å². The fraction of sp³-hybridized carbons (Fsp3) is 0.600. The number of fused-ring (bicyclic) bond motifs is 1. The van der Waals surface area contributed by atoms with Gasteiger partial charge in [-0.15, -0.1) is 0 Å². The van der Waals surface area contributed by atoms with E-state index in [1.165, 1.54) is 0 Å². The highest BCUT2D eigenvalue weighted by molar-refractivity contribution is 5.94. The molecule has 9 nitrogen and oxygen atoms in total. The number of H-pyrrole nitrogens is 1. The number of nitrogens with zero attached hydrogens (tertiary/aromatic N) is 3. The number of carbonyl (C=O) groups is 3. The molecule has 3 N–H and O–H groups in total. The number of nitrogens with one attached hydrogen (secondary N) is 3. The molecule has 3 heterocycles. The van der Waals surface area contributed by atoms with Crippen molar-refractivity contribution in [3.63, 3.8) is 0 Å². The zero-order valence-corrected chi connectivity index (χ0v) is 20.2. The van der Waals surface area contributed by atoms with Crippen molar-refractivity contribution in [1.82, 2.24) is 30.3 Å². The van der Waals surface area contributed by atoms with Crippen LogP contribution in [0.3, 0.4) is 0 Å². The first-order valence-electron chi connectivity index (χ1n) is 12.5. The van der Waals surface area contributed by atoms with Crippen LogP contribution >= 0.6 is 0 Å². The van der Waals surface area contributed by atoms with Gasteiger partial charge in [0.1, 0.15) is 0 Å². The second kappa shape index (κ2) is 10.9. The molecule has 1 aliphatic heterocycles. The fourth-order valence-electron chi connectivity index (χ4n) is 4.80. The van der Waals surface area contributed by atoms with Crippen molar-refractivity contribution in [2.45, 2.75) is 71.4 Å². The molecular weight excluding hydrogens is 432 g/mol. The maximum Gasteiger partial charge on any atom is 0.272 e. The lowest BCUT2D eigenvalue weighted by molar-refractivity contribution is -0.122. The van der Waals surface area contributed by atoms with E-state index < -0.39 is 0 Å². The van der Waals surface area contributed by atoms with Crippen molar-refractivity contribution in [3.05, 3.63) is 41.0 Å². The average molecular weight is 469 g/mol. The van der Waals surface area contributed by atoms with Gasteiger partial charge in [0, 0.05) is 62.3 Å². The van der Waals surface area contributed by atoms with Gasteiger partial charge in [-0.3, -0.25) is 19.1 Å². The van der Waals surface area contributed by atoms with E-state index in [1.807, 2.05) is 4.68 Å². The molecule has 0 spiro atoms. The summed E-state index contributed by atoms with van der Waals surface area (Å²) in [5.41, 5.74) is 3.18. The Morgan fingerprint density at radius 3 is 2.79 bits per heavy atom. The molecule has 184 valence electrons. The standard InChI is InChI=1S/C25H36N6O3/c1-17(2)9-14-31-21-7-6-19-15-20(21)23(29-31)24(33)27-10-4-13-30(12-3-5-22(32)28-19)25(34)18-8-11-26-16-18/h8,11,16-17,19,26H,3-7,9-10,12-15H2,1-2H3,(H,27,33)(H,28,32). The van der Waals surface area contributed by atoms with Crippen LogP contribution in [0.25, 0.3) is 0 Å². The first kappa shape index (κ1) is 24.0. The SMILES string of the molecule is CC(C)CCn1nc2c3c1CCC(C3)NC(=O)CCCN(C(=O)c1cc[nH]c1)CCCNC2=O. The van der Waals surface area contributed by atoms with Gasteiger partial charge < -0.3 is 20.5 Å². The second-order valence-corrected chi connectivity index (χ2v) is 9.79. The number of aromatic amines is 1. The van der Waals surface area contributed by atoms with Crippen LogP contribution in [-0.4, -0.2) is 63.1 Å². The predicted molar refractivity (Wildman–Crippen MR) is 129 cm³/mol. The predicted octanol–water partition coefficient (Wildman–Crippen LogP) is 2.29. The summed E-state index contributed by atoms with van der Waals surface area (Å²) in [6.07, 6.45) is 8.28. The van der Waals surface area contributed by atoms with E-state index in [-0.39, 0.29) is 23.8 Å². The number of aromatic nitrogens is 3. The van der Waals surface area contributed by atoms with E-state index in [1.54, 1.807) is 23.4 Å². The topological polar surface area (TPSA) is 112 Å². The molecule has 2 aromatic rings. The summed E-state index contributed by atoms with van der Waals surface area (Å²) < 4.78 is 2.00. The molecule has 1 unspecified atom stereocenters. The Hall–Kier alpha value is -3.10. The van der Waals surface area contributed by atoms with Crippen LogP contribution in [-0.2, 0) is 24.2 Å². The normalized spacial score (nSPS) is 19.9. The molecule has 2 bridgehead atoms. The third kappa shape index (κ3) is 5.69. The molecule has 0 saturated carbocycles. The third-order valence-electron chi connectivity index (χ3n) is 6.70. The van der Waals surface area contributed by atoms with Crippen LogP contribution < -0.4 is 10.6 Å². The Balaban J connectivity index is 1.52. The highest BCUT2D eigenvalue weighted by Crippen LogP contribution is 2.26. The molecule has 3 amide bonds. The second-order valence-electron chi connectivity index (χ2n) is 9.79. The van der Waals surface area contributed by atoms with E-state index in [9.17, 15) is 14.4 Å². The van der Waals surface area contributed by atoms with Crippen molar-refractivity contribution >= 4 is 17.7 Å². The molecule has 2 aliphatic rings. The first-order valence-corrected chi connectivity index (χ1v) is 12.5. The van der Waals surface area contributed by atoms with Crippen molar-refractivity contribution in [2.75, 3.05) is 19.6 Å². The molecule has 4 rings (SSSR count). The molecule has 2 aromatic heterocycles. The van der Waals surface area contributed by atoms with Gasteiger partial charge in [-0.05, 0) is 50.5 Å². The number of hydrogen-bond donors (Lipinski definition) is 3. The maximum atomic E-state index is 13.1. The van der Waals surface area contributed by atoms with Crippen LogP contribution in [0.4, 0.5) is 0 Å². The maximum absolute atomic E-state index is 13.1. The average Bonchev–Trinajstić information content (AvgIpc) is 3.46. The molecule has 0 radical (unpaired) electrons. The summed E-state index contributed by atoms with van der Waals surface area (Å²) in [5.74, 6) is 0.305. The van der Waals surface area contributed by atoms with Crippen LogP contribution in [0.1, 0.15) is 78.1 Å². The Labute approximate surface area is 200 Å². The van der Waals surface area contributed by atoms with Crippen LogP contribution in [0.15, 0.2) is 18.5 Å². The minimum atomic E-state index is -0.176. The van der Waals surface area contributed by atoms with Gasteiger partial charge in [-0.2, -0.15) is 5.10 Å². The highest BCUT2D eigenvalue weighted by atomic mass is 16.2. The van der Waals surface area contributed by atoms with Gasteiger partial charge in [0.25, 0.3) is 11.8 Å². The Bertz CT molecular complexity index is 1010. The van der Waals surface area contributed by atoms with Gasteiger partial charge >= 0.3 is 0 Å². The van der Waals surface area contributed by atoms with Gasteiger partial charge in [-0.25, -0.2) is 0 Å². The van der Waals surface area contributed by atoms with Gasteiger partial charge in [0.05, 0.1) is 5.56 Å². The molecule has 34 heavy (non-hydrogen) atoms. The Morgan fingerprint density at radius 2 is 2.03 bits per heavy atom. The lowest BCUT2D eigenvalue weighted by atomic mass is 9.91. The molecule has 0 saturated heterocycles. The molecule has 0 fully saturated rings. The summed E-state index contributed by atoms with van der Waals surface area (Å²) in [5, 5.41) is 10.9. The van der Waals surface area contributed by atoms with E-state index in [2.05, 4.69) is 29.5 Å². The molecule has 1 atom stereocenters. The van der Waals surface area contributed by atoms with Gasteiger partial charge in [-0.1, -0.05) is 13.8 Å². The monoisotopic (exact) mass is 468 g/mol. The van der Waals surface area contributed by atoms with E-state index in [0.717, 1.165) is 37.1 Å². The van der Waals surface area contributed by atoms with Crippen LogP contribution in [0.5, 0.6) is 0 Å². The molecule has 0 aromatic carbocycles. The highest BCUT2D eigenvalue weighted by Gasteiger charge is 2.30. The molecular formula is C25H36N6O3. The van der Waals surface area contributed by atoms with Gasteiger partial charge in [0.15, 0.2) is 5.69 Å². The van der Waals surface area contributed by atoms with E-state index in [4.69, 9.17) is 5.10 Å². The zero-order chi connectivity index (χ0) is 24.1. The zero-order valence-electron chi connectivity index (χ0n) is 20.2. The van der Waals surface area contributed by atoms with E-state index in [0.29, 0.717) is 62.5 Å². The first-order chi connectivity index (χ1) is 16.4. The summed E-state index contributed by atoms with van der Waals surface area (Å²) in [6, 6.07) is 1.75. The van der Waals surface area contributed by atoms with Gasteiger partial charge in [0.2, 0.25) is 5.91 Å². The summed E-state index contributed by atoms with van der Waals surface area (Å²) in [4.78, 5) is 43.3. The van der Waals surface area contributed by atoms with Crippen molar-refractivity contribution in [2.24, 2.45) is 5.92 Å². The number of hydrogen-bond acceptors (Lipinski definition) is 4. The smallest absolute Gasteiger partial charge is 0.272 e. The minimum Gasteiger partial charge on any atom is -0.367 e. The van der Waals surface area contributed by atoms with Crippen molar-refractivity contribution in [3.8, 4) is 0 Å². The Kier molecular flexibility index (Phi) is 7.70. The fourth-order valence-corrected chi connectivity index (χ4v) is 4.80. The molecule has 9 heteroatoms. The van der Waals surface area contributed by atoms with Crippen LogP contribution in [0, 0.1) is 5.92 Å². The summed E-state index contributed by atoms with van der Waals surface area (Å²) >= 11 is 0. The molecule has 1 aliphatic carbocycles. The third-order valence-corrected chi connectivity index (χ3v) is 6.70. The quantitative estimate of drug-likeness (QED) is 0.639. The van der Waals surface area contributed by atoms with Crippen LogP contribution in [0.2, 0.25) is 0 Å². The summed E-state index contributed by atoms with van der Waals surface area (Å²) in [7, 11) is 0. The Morgan fingerprint density at radius 1 is 1.21 bits per heavy atom. The number of rotatable bonds is 4.